The number of hydrogen-bond donors (Lipinski definition) is 1. The van der Waals surface area contributed by atoms with Crippen molar-refractivity contribution in [1.82, 2.24) is 9.97 Å². The topological polar surface area (TPSA) is 66.3 Å². The fraction of sp³-hybridized carbons (Fsp3) is 0.643. The molecule has 1 aliphatic rings. The van der Waals surface area contributed by atoms with Crippen molar-refractivity contribution in [2.45, 2.75) is 33.6 Å². The third-order valence-corrected chi connectivity index (χ3v) is 4.15. The molecule has 5 heteroatoms. The van der Waals surface area contributed by atoms with E-state index in [4.69, 9.17) is 0 Å². The summed E-state index contributed by atoms with van der Waals surface area (Å²) in [7, 11) is 0. The van der Waals surface area contributed by atoms with E-state index in [0.717, 1.165) is 37.4 Å². The number of carboxylic acid groups (broad SMARTS) is 1. The quantitative estimate of drug-likeness (QED) is 0.904. The molecule has 0 aromatic carbocycles. The smallest absolute Gasteiger partial charge is 0.309 e. The van der Waals surface area contributed by atoms with E-state index in [0.29, 0.717) is 0 Å². The predicted octanol–water partition coefficient (Wildman–Crippen LogP) is 2.11. The van der Waals surface area contributed by atoms with Crippen LogP contribution in [0.3, 0.4) is 0 Å². The maximum Gasteiger partial charge on any atom is 0.309 e. The Balaban J connectivity index is 2.18. The summed E-state index contributed by atoms with van der Waals surface area (Å²) in [5.41, 5.74) is 0.200. The number of aryl methyl sites for hydroxylation is 1. The van der Waals surface area contributed by atoms with Crippen molar-refractivity contribution >= 4 is 11.8 Å². The molecule has 0 saturated carbocycles. The molecule has 5 nitrogen and oxygen atoms in total. The molecule has 1 unspecified atom stereocenters. The molecule has 1 atom stereocenters. The van der Waals surface area contributed by atoms with Crippen LogP contribution in [-0.2, 0) is 4.79 Å². The molecule has 104 valence electrons. The Morgan fingerprint density at radius 1 is 1.42 bits per heavy atom. The monoisotopic (exact) mass is 263 g/mol. The van der Waals surface area contributed by atoms with E-state index < -0.39 is 11.4 Å². The molecule has 0 spiro atoms. The summed E-state index contributed by atoms with van der Waals surface area (Å²) in [4.78, 5) is 22.2. The molecule has 1 aromatic rings. The minimum Gasteiger partial charge on any atom is -0.481 e. The standard InChI is InChI=1S/C14H21N3O2/c1-10-12(16-7-6-15-10)17-8-4-5-11(9-17)14(2,3)13(18)19/h6-7,11H,4-5,8-9H2,1-3H3,(H,18,19). The van der Waals surface area contributed by atoms with Gasteiger partial charge in [-0.05, 0) is 39.5 Å². The van der Waals surface area contributed by atoms with E-state index in [1.807, 2.05) is 20.8 Å². The van der Waals surface area contributed by atoms with Crippen LogP contribution < -0.4 is 4.90 Å². The fourth-order valence-corrected chi connectivity index (χ4v) is 2.64. The van der Waals surface area contributed by atoms with Crippen molar-refractivity contribution in [2.24, 2.45) is 11.3 Å². The molecular formula is C14H21N3O2. The lowest BCUT2D eigenvalue weighted by molar-refractivity contribution is -0.150. The van der Waals surface area contributed by atoms with Gasteiger partial charge in [0.15, 0.2) is 0 Å². The maximum atomic E-state index is 11.4. The fourth-order valence-electron chi connectivity index (χ4n) is 2.64. The van der Waals surface area contributed by atoms with Gasteiger partial charge in [-0.1, -0.05) is 0 Å². The summed E-state index contributed by atoms with van der Waals surface area (Å²) >= 11 is 0. The van der Waals surface area contributed by atoms with E-state index >= 15 is 0 Å². The van der Waals surface area contributed by atoms with E-state index in [-0.39, 0.29) is 5.92 Å². The van der Waals surface area contributed by atoms with Crippen LogP contribution in [0.1, 0.15) is 32.4 Å². The van der Waals surface area contributed by atoms with E-state index in [9.17, 15) is 9.90 Å². The largest absolute Gasteiger partial charge is 0.481 e. The van der Waals surface area contributed by atoms with Gasteiger partial charge in [-0.2, -0.15) is 0 Å². The first-order chi connectivity index (χ1) is 8.93. The van der Waals surface area contributed by atoms with Crippen molar-refractivity contribution in [3.8, 4) is 0 Å². The number of carboxylic acids is 1. The second-order valence-corrected chi connectivity index (χ2v) is 5.78. The van der Waals surface area contributed by atoms with Gasteiger partial charge < -0.3 is 10.0 Å². The Labute approximate surface area is 113 Å². The van der Waals surface area contributed by atoms with E-state index in [1.165, 1.54) is 0 Å². The predicted molar refractivity (Wildman–Crippen MR) is 73.1 cm³/mol. The molecule has 1 fully saturated rings. The van der Waals surface area contributed by atoms with Crippen molar-refractivity contribution < 1.29 is 9.90 Å². The highest BCUT2D eigenvalue weighted by Gasteiger charge is 2.39. The first-order valence-electron chi connectivity index (χ1n) is 6.69. The molecule has 2 rings (SSSR count). The van der Waals surface area contributed by atoms with Gasteiger partial charge in [0.2, 0.25) is 0 Å². The number of aromatic nitrogens is 2. The number of nitrogens with zero attached hydrogens (tertiary/aromatic N) is 3. The molecule has 1 aromatic heterocycles. The van der Waals surface area contributed by atoms with Crippen LogP contribution in [0, 0.1) is 18.3 Å². The lowest BCUT2D eigenvalue weighted by Gasteiger charge is -2.40. The molecule has 0 aliphatic carbocycles. The molecule has 0 bridgehead atoms. The van der Waals surface area contributed by atoms with Crippen LogP contribution in [0.4, 0.5) is 5.82 Å². The van der Waals surface area contributed by atoms with Crippen molar-refractivity contribution in [3.63, 3.8) is 0 Å². The lowest BCUT2D eigenvalue weighted by Crippen LogP contribution is -2.45. The number of carbonyl (C=O) groups is 1. The first kappa shape index (κ1) is 13.8. The van der Waals surface area contributed by atoms with Gasteiger partial charge in [0.25, 0.3) is 0 Å². The zero-order valence-corrected chi connectivity index (χ0v) is 11.8. The lowest BCUT2D eigenvalue weighted by atomic mass is 9.74. The Kier molecular flexibility index (Phi) is 3.73. The zero-order chi connectivity index (χ0) is 14.0. The minimum atomic E-state index is -0.727. The van der Waals surface area contributed by atoms with Gasteiger partial charge in [0, 0.05) is 25.5 Å². The van der Waals surface area contributed by atoms with Crippen LogP contribution in [-0.4, -0.2) is 34.1 Å². The van der Waals surface area contributed by atoms with Gasteiger partial charge in [0.1, 0.15) is 5.82 Å². The average Bonchev–Trinajstić information content (AvgIpc) is 2.39. The summed E-state index contributed by atoms with van der Waals surface area (Å²) in [6, 6.07) is 0. The summed E-state index contributed by atoms with van der Waals surface area (Å²) in [6.45, 7) is 7.22. The highest BCUT2D eigenvalue weighted by Crippen LogP contribution is 2.35. The highest BCUT2D eigenvalue weighted by atomic mass is 16.4. The Morgan fingerprint density at radius 2 is 2.11 bits per heavy atom. The van der Waals surface area contributed by atoms with Crippen LogP contribution >= 0.6 is 0 Å². The third kappa shape index (κ3) is 2.69. The normalized spacial score (nSPS) is 20.4. The molecule has 0 amide bonds. The SMILES string of the molecule is Cc1nccnc1N1CCCC(C(C)(C)C(=O)O)C1. The zero-order valence-electron chi connectivity index (χ0n) is 11.8. The minimum absolute atomic E-state index is 0.139. The number of anilines is 1. The molecule has 1 aliphatic heterocycles. The molecule has 1 N–H and O–H groups in total. The number of aliphatic carboxylic acids is 1. The second-order valence-electron chi connectivity index (χ2n) is 5.78. The highest BCUT2D eigenvalue weighted by molar-refractivity contribution is 5.74. The van der Waals surface area contributed by atoms with Gasteiger partial charge in [-0.15, -0.1) is 0 Å². The number of piperidine rings is 1. The molecule has 19 heavy (non-hydrogen) atoms. The van der Waals surface area contributed by atoms with E-state index in [1.54, 1.807) is 12.4 Å². The summed E-state index contributed by atoms with van der Waals surface area (Å²) in [5.74, 6) is 0.295. The van der Waals surface area contributed by atoms with Gasteiger partial charge in [-0.25, -0.2) is 4.98 Å². The van der Waals surface area contributed by atoms with Crippen LogP contribution in [0.2, 0.25) is 0 Å². The summed E-state index contributed by atoms with van der Waals surface area (Å²) < 4.78 is 0. The van der Waals surface area contributed by atoms with Crippen LogP contribution in [0.25, 0.3) is 0 Å². The van der Waals surface area contributed by atoms with Crippen LogP contribution in [0.5, 0.6) is 0 Å². The number of hydrogen-bond acceptors (Lipinski definition) is 4. The van der Waals surface area contributed by atoms with Crippen molar-refractivity contribution in [3.05, 3.63) is 18.1 Å². The van der Waals surface area contributed by atoms with Crippen molar-refractivity contribution in [1.29, 1.82) is 0 Å². The third-order valence-electron chi connectivity index (χ3n) is 4.15. The average molecular weight is 263 g/mol. The summed E-state index contributed by atoms with van der Waals surface area (Å²) in [6.07, 6.45) is 5.32. The Hall–Kier alpha value is -1.65. The number of rotatable bonds is 3. The van der Waals surface area contributed by atoms with Crippen molar-refractivity contribution in [2.75, 3.05) is 18.0 Å². The molecule has 0 radical (unpaired) electrons. The van der Waals surface area contributed by atoms with Crippen LogP contribution in [0.15, 0.2) is 12.4 Å². The maximum absolute atomic E-state index is 11.4. The Morgan fingerprint density at radius 3 is 2.74 bits per heavy atom. The van der Waals surface area contributed by atoms with E-state index in [2.05, 4.69) is 14.9 Å². The molecule has 2 heterocycles. The Bertz CT molecular complexity index is 474. The van der Waals surface area contributed by atoms with Gasteiger partial charge >= 0.3 is 5.97 Å². The first-order valence-corrected chi connectivity index (χ1v) is 6.69. The van der Waals surface area contributed by atoms with Gasteiger partial charge in [-0.3, -0.25) is 9.78 Å². The molecule has 1 saturated heterocycles. The van der Waals surface area contributed by atoms with Gasteiger partial charge in [0.05, 0.1) is 11.1 Å². The summed E-state index contributed by atoms with van der Waals surface area (Å²) in [5, 5.41) is 9.36. The second kappa shape index (κ2) is 5.15. The molecular weight excluding hydrogens is 242 g/mol.